The highest BCUT2D eigenvalue weighted by atomic mass is 32.1. The van der Waals surface area contributed by atoms with Gasteiger partial charge >= 0.3 is 5.97 Å². The summed E-state index contributed by atoms with van der Waals surface area (Å²) in [6.07, 6.45) is 3.42. The number of para-hydroxylation sites is 1. The second-order valence-corrected chi connectivity index (χ2v) is 5.62. The summed E-state index contributed by atoms with van der Waals surface area (Å²) in [6.45, 7) is 0.951. The number of carboxylic acids is 1. The van der Waals surface area contributed by atoms with Crippen LogP contribution in [0.1, 0.15) is 28.1 Å². The molecule has 4 heteroatoms. The van der Waals surface area contributed by atoms with Crippen molar-refractivity contribution in [3.8, 4) is 0 Å². The molecule has 0 radical (unpaired) electrons. The largest absolute Gasteiger partial charge is 0.477 e. The average molecular weight is 273 g/mol. The fraction of sp³-hybridized carbons (Fsp3) is 0.267. The van der Waals surface area contributed by atoms with E-state index in [2.05, 4.69) is 23.1 Å². The van der Waals surface area contributed by atoms with E-state index >= 15 is 0 Å². The summed E-state index contributed by atoms with van der Waals surface area (Å²) in [4.78, 5) is 13.6. The minimum Gasteiger partial charge on any atom is -0.477 e. The van der Waals surface area contributed by atoms with Crippen molar-refractivity contribution in [2.45, 2.75) is 19.3 Å². The molecular formula is C15H15NO2S. The van der Waals surface area contributed by atoms with Crippen LogP contribution in [-0.4, -0.2) is 17.6 Å². The summed E-state index contributed by atoms with van der Waals surface area (Å²) in [5.74, 6) is -0.848. The minimum atomic E-state index is -0.848. The summed E-state index contributed by atoms with van der Waals surface area (Å²) in [5, 5.41) is 11.0. The first-order valence-corrected chi connectivity index (χ1v) is 7.31. The van der Waals surface area contributed by atoms with Crippen molar-refractivity contribution < 1.29 is 9.90 Å². The van der Waals surface area contributed by atoms with Gasteiger partial charge in [0.15, 0.2) is 0 Å². The van der Waals surface area contributed by atoms with Gasteiger partial charge in [-0.3, -0.25) is 0 Å². The van der Waals surface area contributed by atoms with Crippen molar-refractivity contribution in [2.75, 3.05) is 11.4 Å². The molecule has 98 valence electrons. The zero-order valence-corrected chi connectivity index (χ0v) is 11.3. The molecule has 0 fully saturated rings. The molecule has 1 aliphatic heterocycles. The molecule has 0 aliphatic carbocycles. The van der Waals surface area contributed by atoms with Gasteiger partial charge in [-0.1, -0.05) is 18.2 Å². The van der Waals surface area contributed by atoms with Crippen LogP contribution in [0.25, 0.3) is 0 Å². The summed E-state index contributed by atoms with van der Waals surface area (Å²) in [6, 6.07) is 10.2. The Balaban J connectivity index is 2.01. The van der Waals surface area contributed by atoms with Crippen molar-refractivity contribution in [3.05, 3.63) is 46.2 Å². The molecule has 0 saturated carbocycles. The molecule has 0 saturated heterocycles. The van der Waals surface area contributed by atoms with Gasteiger partial charge < -0.3 is 10.0 Å². The van der Waals surface area contributed by atoms with Crippen molar-refractivity contribution >= 4 is 28.7 Å². The number of hydrogen-bond donors (Lipinski definition) is 1. The van der Waals surface area contributed by atoms with Crippen LogP contribution in [0.2, 0.25) is 0 Å². The Bertz CT molecular complexity index is 606. The van der Waals surface area contributed by atoms with Crippen LogP contribution in [0.3, 0.4) is 0 Å². The highest BCUT2D eigenvalue weighted by Crippen LogP contribution is 2.34. The van der Waals surface area contributed by atoms with Gasteiger partial charge in [-0.25, -0.2) is 4.79 Å². The minimum absolute atomic E-state index is 0.400. The number of benzene rings is 1. The third-order valence-electron chi connectivity index (χ3n) is 3.47. The van der Waals surface area contributed by atoms with Crippen LogP contribution in [0.4, 0.5) is 11.4 Å². The summed E-state index contributed by atoms with van der Waals surface area (Å²) >= 11 is 1.29. The van der Waals surface area contributed by atoms with Crippen molar-refractivity contribution in [1.82, 2.24) is 0 Å². The number of aromatic carboxylic acids is 1. The first-order chi connectivity index (χ1) is 9.25. The van der Waals surface area contributed by atoms with E-state index in [1.807, 2.05) is 11.4 Å². The van der Waals surface area contributed by atoms with E-state index in [0.717, 1.165) is 25.1 Å². The lowest BCUT2D eigenvalue weighted by Crippen LogP contribution is -2.17. The van der Waals surface area contributed by atoms with E-state index in [9.17, 15) is 4.79 Å². The Morgan fingerprint density at radius 2 is 2.11 bits per heavy atom. The molecule has 1 aromatic carbocycles. The summed E-state index contributed by atoms with van der Waals surface area (Å²) in [5.41, 5.74) is 3.56. The van der Waals surface area contributed by atoms with E-state index in [4.69, 9.17) is 5.11 Å². The van der Waals surface area contributed by atoms with E-state index < -0.39 is 5.97 Å². The standard InChI is InChI=1S/C15H15NO2S/c17-15(18)14-9-12(10-19-14)16-8-4-3-6-11-5-1-2-7-13(11)16/h1-2,5,7,9-10H,3-4,6,8H2,(H,17,18). The van der Waals surface area contributed by atoms with Gasteiger partial charge in [0, 0.05) is 17.6 Å². The third-order valence-corrected chi connectivity index (χ3v) is 4.37. The predicted octanol–water partition coefficient (Wildman–Crippen LogP) is 3.92. The molecule has 0 bridgehead atoms. The second-order valence-electron chi connectivity index (χ2n) is 4.71. The zero-order chi connectivity index (χ0) is 13.2. The lowest BCUT2D eigenvalue weighted by molar-refractivity contribution is 0.0702. The lowest BCUT2D eigenvalue weighted by Gasteiger charge is -2.23. The highest BCUT2D eigenvalue weighted by molar-refractivity contribution is 7.12. The molecule has 0 atom stereocenters. The maximum atomic E-state index is 11.0. The number of rotatable bonds is 2. The number of carboxylic acid groups (broad SMARTS) is 1. The second kappa shape index (κ2) is 5.05. The lowest BCUT2D eigenvalue weighted by atomic mass is 10.1. The number of carbonyl (C=O) groups is 1. The van der Waals surface area contributed by atoms with E-state index in [1.54, 1.807) is 6.07 Å². The van der Waals surface area contributed by atoms with Crippen LogP contribution < -0.4 is 4.90 Å². The number of hydrogen-bond acceptors (Lipinski definition) is 3. The first kappa shape index (κ1) is 12.2. The van der Waals surface area contributed by atoms with Crippen LogP contribution in [0.15, 0.2) is 35.7 Å². The highest BCUT2D eigenvalue weighted by Gasteiger charge is 2.18. The van der Waals surface area contributed by atoms with Crippen molar-refractivity contribution in [3.63, 3.8) is 0 Å². The van der Waals surface area contributed by atoms with Crippen LogP contribution in [-0.2, 0) is 6.42 Å². The van der Waals surface area contributed by atoms with E-state index in [1.165, 1.54) is 29.0 Å². The van der Waals surface area contributed by atoms with Crippen LogP contribution in [0.5, 0.6) is 0 Å². The van der Waals surface area contributed by atoms with Crippen LogP contribution in [0, 0.1) is 0 Å². The number of aryl methyl sites for hydroxylation is 1. The fourth-order valence-electron chi connectivity index (χ4n) is 2.54. The Morgan fingerprint density at radius 1 is 1.26 bits per heavy atom. The van der Waals surface area contributed by atoms with Crippen LogP contribution >= 0.6 is 11.3 Å². The molecular weight excluding hydrogens is 258 g/mol. The average Bonchev–Trinajstić information content (AvgIpc) is 2.80. The number of anilines is 2. The number of fused-ring (bicyclic) bond motifs is 1. The summed E-state index contributed by atoms with van der Waals surface area (Å²) in [7, 11) is 0. The topological polar surface area (TPSA) is 40.5 Å². The van der Waals surface area contributed by atoms with Gasteiger partial charge in [-0.2, -0.15) is 0 Å². The Labute approximate surface area is 116 Å². The van der Waals surface area contributed by atoms with Crippen molar-refractivity contribution in [2.24, 2.45) is 0 Å². The quantitative estimate of drug-likeness (QED) is 0.901. The number of thiophene rings is 1. The first-order valence-electron chi connectivity index (χ1n) is 6.43. The fourth-order valence-corrected chi connectivity index (χ4v) is 3.27. The zero-order valence-electron chi connectivity index (χ0n) is 10.5. The summed E-state index contributed by atoms with van der Waals surface area (Å²) < 4.78 is 0. The Hall–Kier alpha value is -1.81. The van der Waals surface area contributed by atoms with Crippen molar-refractivity contribution in [1.29, 1.82) is 0 Å². The Kier molecular flexibility index (Phi) is 3.25. The van der Waals surface area contributed by atoms with Gasteiger partial charge in [0.25, 0.3) is 0 Å². The SMILES string of the molecule is O=C(O)c1cc(N2CCCCc3ccccc32)cs1. The molecule has 3 rings (SSSR count). The maximum absolute atomic E-state index is 11.0. The molecule has 1 aliphatic rings. The molecule has 2 aromatic rings. The van der Waals surface area contributed by atoms with Gasteiger partial charge in [-0.15, -0.1) is 11.3 Å². The maximum Gasteiger partial charge on any atom is 0.345 e. The monoisotopic (exact) mass is 273 g/mol. The molecule has 0 amide bonds. The molecule has 19 heavy (non-hydrogen) atoms. The Morgan fingerprint density at radius 3 is 2.89 bits per heavy atom. The molecule has 0 unspecified atom stereocenters. The molecule has 1 N–H and O–H groups in total. The molecule has 3 nitrogen and oxygen atoms in total. The van der Waals surface area contributed by atoms with Gasteiger partial charge in [0.2, 0.25) is 0 Å². The third kappa shape index (κ3) is 2.36. The smallest absolute Gasteiger partial charge is 0.345 e. The van der Waals surface area contributed by atoms with Gasteiger partial charge in [0.1, 0.15) is 4.88 Å². The van der Waals surface area contributed by atoms with E-state index in [0.29, 0.717) is 4.88 Å². The normalized spacial score (nSPS) is 14.8. The van der Waals surface area contributed by atoms with Gasteiger partial charge in [0.05, 0.1) is 5.69 Å². The molecule has 0 spiro atoms. The molecule has 1 aromatic heterocycles. The predicted molar refractivity (Wildman–Crippen MR) is 77.7 cm³/mol. The number of nitrogens with zero attached hydrogens (tertiary/aromatic N) is 1. The van der Waals surface area contributed by atoms with E-state index in [-0.39, 0.29) is 0 Å². The van der Waals surface area contributed by atoms with Gasteiger partial charge in [-0.05, 0) is 37.0 Å². The molecule has 2 heterocycles.